The molecule has 1 aliphatic rings. The van der Waals surface area contributed by atoms with Crippen molar-refractivity contribution >= 4 is 11.7 Å². The van der Waals surface area contributed by atoms with E-state index in [1.807, 2.05) is 6.07 Å². The molecule has 1 aliphatic carbocycles. The van der Waals surface area contributed by atoms with Crippen LogP contribution in [-0.4, -0.2) is 11.1 Å². The highest BCUT2D eigenvalue weighted by Crippen LogP contribution is 2.34. The Morgan fingerprint density at radius 2 is 1.94 bits per heavy atom. The smallest absolute Gasteiger partial charge is 0.336 e. The van der Waals surface area contributed by atoms with Gasteiger partial charge in [-0.15, -0.1) is 0 Å². The first-order valence-corrected chi connectivity index (χ1v) is 5.81. The van der Waals surface area contributed by atoms with Crippen LogP contribution in [0.15, 0.2) is 18.2 Å². The third-order valence-electron chi connectivity index (χ3n) is 3.35. The van der Waals surface area contributed by atoms with Gasteiger partial charge < -0.3 is 10.8 Å². The van der Waals surface area contributed by atoms with Crippen LogP contribution in [0.25, 0.3) is 0 Å². The molecule has 1 aromatic carbocycles. The number of benzene rings is 1. The molecule has 86 valence electrons. The Labute approximate surface area is 95.3 Å². The summed E-state index contributed by atoms with van der Waals surface area (Å²) in [6, 6.07) is 5.26. The van der Waals surface area contributed by atoms with Gasteiger partial charge in [0.2, 0.25) is 0 Å². The molecule has 3 N–H and O–H groups in total. The molecule has 0 atom stereocenters. The SMILES string of the molecule is Nc1ccc(C2CCCCC2)c(C(=O)O)c1. The Kier molecular flexibility index (Phi) is 3.13. The molecule has 1 fully saturated rings. The lowest BCUT2D eigenvalue weighted by atomic mass is 9.82. The summed E-state index contributed by atoms with van der Waals surface area (Å²) < 4.78 is 0. The van der Waals surface area contributed by atoms with Gasteiger partial charge in [0.15, 0.2) is 0 Å². The minimum absolute atomic E-state index is 0.381. The van der Waals surface area contributed by atoms with Crippen LogP contribution in [-0.2, 0) is 0 Å². The van der Waals surface area contributed by atoms with Crippen LogP contribution in [0, 0.1) is 0 Å². The highest BCUT2D eigenvalue weighted by atomic mass is 16.4. The predicted molar refractivity (Wildman–Crippen MR) is 63.6 cm³/mol. The maximum Gasteiger partial charge on any atom is 0.336 e. The van der Waals surface area contributed by atoms with Crippen molar-refractivity contribution in [3.05, 3.63) is 29.3 Å². The zero-order chi connectivity index (χ0) is 11.5. The molecule has 3 nitrogen and oxygen atoms in total. The van der Waals surface area contributed by atoms with Crippen molar-refractivity contribution in [2.24, 2.45) is 0 Å². The average molecular weight is 219 g/mol. The third kappa shape index (κ3) is 2.18. The number of nitrogens with two attached hydrogens (primary N) is 1. The standard InChI is InChI=1S/C13H17NO2/c14-10-6-7-11(12(8-10)13(15)16)9-4-2-1-3-5-9/h6-9H,1-5,14H2,(H,15,16). The summed E-state index contributed by atoms with van der Waals surface area (Å²) in [6.07, 6.45) is 5.88. The van der Waals surface area contributed by atoms with E-state index in [0.717, 1.165) is 18.4 Å². The topological polar surface area (TPSA) is 63.3 Å². The maximum atomic E-state index is 11.2. The van der Waals surface area contributed by atoms with Crippen molar-refractivity contribution in [2.45, 2.75) is 38.0 Å². The number of carboxylic acids is 1. The molecule has 0 radical (unpaired) electrons. The van der Waals surface area contributed by atoms with E-state index in [1.54, 1.807) is 12.1 Å². The zero-order valence-corrected chi connectivity index (χ0v) is 9.28. The van der Waals surface area contributed by atoms with E-state index in [9.17, 15) is 4.79 Å². The quantitative estimate of drug-likeness (QED) is 0.751. The number of hydrogen-bond donors (Lipinski definition) is 2. The molecule has 0 heterocycles. The number of carbonyl (C=O) groups is 1. The average Bonchev–Trinajstić information content (AvgIpc) is 2.30. The monoisotopic (exact) mass is 219 g/mol. The number of hydrogen-bond acceptors (Lipinski definition) is 2. The van der Waals surface area contributed by atoms with E-state index in [0.29, 0.717) is 17.2 Å². The molecule has 2 rings (SSSR count). The van der Waals surface area contributed by atoms with Crippen LogP contribution in [0.4, 0.5) is 5.69 Å². The molecular formula is C13H17NO2. The first-order valence-electron chi connectivity index (χ1n) is 5.81. The van der Waals surface area contributed by atoms with Crippen LogP contribution in [0.2, 0.25) is 0 Å². The highest BCUT2D eigenvalue weighted by Gasteiger charge is 2.21. The van der Waals surface area contributed by atoms with Gasteiger partial charge in [0, 0.05) is 5.69 Å². The molecule has 0 amide bonds. The largest absolute Gasteiger partial charge is 0.478 e. The van der Waals surface area contributed by atoms with Gasteiger partial charge in [0.25, 0.3) is 0 Å². The second kappa shape index (κ2) is 4.56. The van der Waals surface area contributed by atoms with Gasteiger partial charge in [0.1, 0.15) is 0 Å². The van der Waals surface area contributed by atoms with Crippen LogP contribution < -0.4 is 5.73 Å². The second-order valence-electron chi connectivity index (χ2n) is 4.49. The van der Waals surface area contributed by atoms with Gasteiger partial charge in [-0.25, -0.2) is 4.79 Å². The Bertz CT molecular complexity index is 395. The number of nitrogen functional groups attached to an aromatic ring is 1. The Hall–Kier alpha value is -1.51. The Morgan fingerprint density at radius 3 is 2.56 bits per heavy atom. The number of aromatic carboxylic acids is 1. The Morgan fingerprint density at radius 1 is 1.25 bits per heavy atom. The first-order chi connectivity index (χ1) is 7.68. The van der Waals surface area contributed by atoms with Crippen LogP contribution in [0.3, 0.4) is 0 Å². The molecule has 1 aromatic rings. The molecule has 0 aromatic heterocycles. The van der Waals surface area contributed by atoms with Crippen molar-refractivity contribution < 1.29 is 9.90 Å². The lowest BCUT2D eigenvalue weighted by Gasteiger charge is -2.23. The fraction of sp³-hybridized carbons (Fsp3) is 0.462. The summed E-state index contributed by atoms with van der Waals surface area (Å²) >= 11 is 0. The number of rotatable bonds is 2. The molecular weight excluding hydrogens is 202 g/mol. The van der Waals surface area contributed by atoms with Crippen LogP contribution >= 0.6 is 0 Å². The van der Waals surface area contributed by atoms with E-state index >= 15 is 0 Å². The van der Waals surface area contributed by atoms with Gasteiger partial charge in [-0.05, 0) is 36.5 Å². The minimum atomic E-state index is -0.868. The maximum absolute atomic E-state index is 11.2. The molecule has 0 saturated heterocycles. The molecule has 3 heteroatoms. The van der Waals surface area contributed by atoms with Crippen molar-refractivity contribution in [2.75, 3.05) is 5.73 Å². The van der Waals surface area contributed by atoms with E-state index in [2.05, 4.69) is 0 Å². The summed E-state index contributed by atoms with van der Waals surface area (Å²) in [5, 5.41) is 9.17. The second-order valence-corrected chi connectivity index (χ2v) is 4.49. The zero-order valence-electron chi connectivity index (χ0n) is 9.28. The van der Waals surface area contributed by atoms with E-state index < -0.39 is 5.97 Å². The summed E-state index contributed by atoms with van der Waals surface area (Å²) in [4.78, 5) is 11.2. The third-order valence-corrected chi connectivity index (χ3v) is 3.35. The lowest BCUT2D eigenvalue weighted by molar-refractivity contribution is 0.0695. The molecule has 0 unspecified atom stereocenters. The summed E-state index contributed by atoms with van der Waals surface area (Å²) in [7, 11) is 0. The van der Waals surface area contributed by atoms with Gasteiger partial charge >= 0.3 is 5.97 Å². The fourth-order valence-corrected chi connectivity index (χ4v) is 2.53. The van der Waals surface area contributed by atoms with E-state index in [-0.39, 0.29) is 0 Å². The minimum Gasteiger partial charge on any atom is -0.478 e. The molecule has 0 spiro atoms. The van der Waals surface area contributed by atoms with E-state index in [4.69, 9.17) is 10.8 Å². The molecule has 0 aliphatic heterocycles. The highest BCUT2D eigenvalue weighted by molar-refractivity contribution is 5.90. The fourth-order valence-electron chi connectivity index (χ4n) is 2.53. The van der Waals surface area contributed by atoms with Crippen molar-refractivity contribution in [3.8, 4) is 0 Å². The van der Waals surface area contributed by atoms with E-state index in [1.165, 1.54) is 19.3 Å². The van der Waals surface area contributed by atoms with Crippen LogP contribution in [0.5, 0.6) is 0 Å². The predicted octanol–water partition coefficient (Wildman–Crippen LogP) is 3.01. The van der Waals surface area contributed by atoms with Crippen molar-refractivity contribution in [3.63, 3.8) is 0 Å². The summed E-state index contributed by atoms with van der Waals surface area (Å²) in [6.45, 7) is 0. The van der Waals surface area contributed by atoms with Crippen molar-refractivity contribution in [1.29, 1.82) is 0 Å². The molecule has 1 saturated carbocycles. The molecule has 0 bridgehead atoms. The lowest BCUT2D eigenvalue weighted by Crippen LogP contribution is -2.11. The Balaban J connectivity index is 2.34. The summed E-state index contributed by atoms with van der Waals surface area (Å²) in [5.74, 6) is -0.465. The van der Waals surface area contributed by atoms with Gasteiger partial charge in [-0.2, -0.15) is 0 Å². The van der Waals surface area contributed by atoms with Crippen molar-refractivity contribution in [1.82, 2.24) is 0 Å². The normalized spacial score (nSPS) is 17.2. The van der Waals surface area contributed by atoms with Gasteiger partial charge in [-0.3, -0.25) is 0 Å². The number of anilines is 1. The van der Waals surface area contributed by atoms with Crippen LogP contribution in [0.1, 0.15) is 53.9 Å². The molecule has 16 heavy (non-hydrogen) atoms. The first kappa shape index (κ1) is 11.0. The number of carboxylic acid groups (broad SMARTS) is 1. The summed E-state index contributed by atoms with van der Waals surface area (Å²) in [5.41, 5.74) is 7.50. The van der Waals surface area contributed by atoms with Gasteiger partial charge in [-0.1, -0.05) is 25.3 Å². The van der Waals surface area contributed by atoms with Gasteiger partial charge in [0.05, 0.1) is 5.56 Å².